The van der Waals surface area contributed by atoms with Crippen LogP contribution in [0.15, 0.2) is 36.5 Å². The highest BCUT2D eigenvalue weighted by molar-refractivity contribution is 5.66. The normalized spacial score (nSPS) is 14.8. The molecule has 0 fully saturated rings. The van der Waals surface area contributed by atoms with Crippen LogP contribution in [0.5, 0.6) is 0 Å². The Morgan fingerprint density at radius 2 is 1.29 bits per heavy atom. The Kier molecular flexibility index (Phi) is 15.5. The summed E-state index contributed by atoms with van der Waals surface area (Å²) in [4.78, 5) is 10.4. The van der Waals surface area contributed by atoms with Gasteiger partial charge >= 0.3 is 5.97 Å². The van der Waals surface area contributed by atoms with Crippen molar-refractivity contribution in [1.29, 1.82) is 0 Å². The number of rotatable bonds is 15. The quantitative estimate of drug-likeness (QED) is 0.306. The van der Waals surface area contributed by atoms with Crippen molar-refractivity contribution in [2.75, 3.05) is 0 Å². The molecule has 4 nitrogen and oxygen atoms in total. The number of hydrogen-bond donors (Lipinski definition) is 3. The van der Waals surface area contributed by atoms with Crippen LogP contribution in [0.25, 0.3) is 0 Å². The molecule has 4 heteroatoms. The van der Waals surface area contributed by atoms with Gasteiger partial charge in [-0.15, -0.1) is 0 Å². The molecule has 0 aliphatic carbocycles. The Morgan fingerprint density at radius 1 is 0.792 bits per heavy atom. The van der Waals surface area contributed by atoms with Gasteiger partial charge in [-0.1, -0.05) is 81.9 Å². The molecule has 0 spiro atoms. The van der Waals surface area contributed by atoms with E-state index in [0.29, 0.717) is 12.8 Å². The minimum absolute atomic E-state index is 0.0833. The summed E-state index contributed by atoms with van der Waals surface area (Å²) in [6, 6.07) is 0. The maximum absolute atomic E-state index is 10.4. The summed E-state index contributed by atoms with van der Waals surface area (Å²) >= 11 is 0. The number of carboxylic acid groups (broad SMARTS) is 1. The van der Waals surface area contributed by atoms with Crippen LogP contribution in [0.3, 0.4) is 0 Å². The van der Waals surface area contributed by atoms with Gasteiger partial charge in [0.25, 0.3) is 0 Å². The van der Waals surface area contributed by atoms with Gasteiger partial charge in [0.2, 0.25) is 0 Å². The van der Waals surface area contributed by atoms with Crippen molar-refractivity contribution in [3.8, 4) is 0 Å². The molecule has 0 aromatic heterocycles. The van der Waals surface area contributed by atoms with Crippen molar-refractivity contribution in [3.63, 3.8) is 0 Å². The molecular formula is C20H34O4. The maximum atomic E-state index is 10.4. The lowest BCUT2D eigenvalue weighted by Gasteiger charge is -2.04. The first kappa shape index (κ1) is 22.6. The third-order valence-corrected chi connectivity index (χ3v) is 3.74. The first-order chi connectivity index (χ1) is 11.6. The molecule has 0 aromatic carbocycles. The second-order valence-corrected chi connectivity index (χ2v) is 6.13. The molecule has 0 aliphatic heterocycles. The highest BCUT2D eigenvalue weighted by Gasteiger charge is 2.01. The molecule has 0 rings (SSSR count). The lowest BCUT2D eigenvalue weighted by molar-refractivity contribution is -0.137. The number of aliphatic hydroxyl groups is 2. The monoisotopic (exact) mass is 338 g/mol. The zero-order valence-electron chi connectivity index (χ0n) is 14.9. The van der Waals surface area contributed by atoms with Crippen LogP contribution < -0.4 is 0 Å². The van der Waals surface area contributed by atoms with Gasteiger partial charge in [0, 0.05) is 6.42 Å². The van der Waals surface area contributed by atoms with Gasteiger partial charge < -0.3 is 15.3 Å². The lowest BCUT2D eigenvalue weighted by atomic mass is 10.1. The summed E-state index contributed by atoms with van der Waals surface area (Å²) in [7, 11) is 0. The molecule has 0 bridgehead atoms. The minimum atomic E-state index is -0.837. The molecule has 0 heterocycles. The molecule has 24 heavy (non-hydrogen) atoms. The second-order valence-electron chi connectivity index (χ2n) is 6.13. The summed E-state index contributed by atoms with van der Waals surface area (Å²) < 4.78 is 0. The van der Waals surface area contributed by atoms with Gasteiger partial charge in [-0.2, -0.15) is 0 Å². The summed E-state index contributed by atoms with van der Waals surface area (Å²) in [6.07, 6.45) is 18.7. The Bertz CT molecular complexity index is 385. The van der Waals surface area contributed by atoms with E-state index in [4.69, 9.17) is 5.11 Å². The summed E-state index contributed by atoms with van der Waals surface area (Å²) in [5.74, 6) is -0.837. The standard InChI is InChI=1S/C20H34O4/c1-2-3-4-5-6-9-13-18(21)14-10-7-8-11-15-19(22)16-12-17-20(23)24/h7-8,10-11,14-15,18-19,21-22H,2-6,9,12-13,16-17H2,1H3,(H,23,24)/b8-7+,14-10+,15-11-/t18-,19+/m0/s1. The van der Waals surface area contributed by atoms with E-state index >= 15 is 0 Å². The van der Waals surface area contributed by atoms with Crippen molar-refractivity contribution < 1.29 is 20.1 Å². The number of unbranched alkanes of at least 4 members (excludes halogenated alkanes) is 5. The van der Waals surface area contributed by atoms with E-state index in [1.807, 2.05) is 12.2 Å². The van der Waals surface area contributed by atoms with Crippen LogP contribution in [0.4, 0.5) is 0 Å². The smallest absolute Gasteiger partial charge is 0.303 e. The van der Waals surface area contributed by atoms with Gasteiger partial charge in [-0.3, -0.25) is 4.79 Å². The van der Waals surface area contributed by atoms with E-state index in [1.54, 1.807) is 24.3 Å². The Morgan fingerprint density at radius 3 is 1.83 bits per heavy atom. The van der Waals surface area contributed by atoms with Crippen molar-refractivity contribution in [2.45, 2.75) is 83.3 Å². The van der Waals surface area contributed by atoms with Gasteiger partial charge in [0.1, 0.15) is 0 Å². The number of carboxylic acids is 1. The fourth-order valence-electron chi connectivity index (χ4n) is 2.30. The summed E-state index contributed by atoms with van der Waals surface area (Å²) in [5.41, 5.74) is 0. The van der Waals surface area contributed by atoms with E-state index in [1.165, 1.54) is 32.1 Å². The Balaban J connectivity index is 3.70. The largest absolute Gasteiger partial charge is 0.481 e. The van der Waals surface area contributed by atoms with Gasteiger partial charge in [0.15, 0.2) is 0 Å². The molecule has 2 atom stereocenters. The van der Waals surface area contributed by atoms with Gasteiger partial charge in [0.05, 0.1) is 12.2 Å². The van der Waals surface area contributed by atoms with Gasteiger partial charge in [-0.25, -0.2) is 0 Å². The maximum Gasteiger partial charge on any atom is 0.303 e. The van der Waals surface area contributed by atoms with E-state index in [-0.39, 0.29) is 6.42 Å². The molecule has 0 saturated carbocycles. The molecule has 0 unspecified atom stereocenters. The Labute approximate surface area is 146 Å². The van der Waals surface area contributed by atoms with Crippen LogP contribution in [-0.4, -0.2) is 33.5 Å². The molecule has 0 aromatic rings. The Hall–Kier alpha value is -1.39. The average molecular weight is 338 g/mol. The highest BCUT2D eigenvalue weighted by Crippen LogP contribution is 2.09. The molecule has 138 valence electrons. The molecule has 3 N–H and O–H groups in total. The van der Waals surface area contributed by atoms with E-state index in [9.17, 15) is 15.0 Å². The fraction of sp³-hybridized carbons (Fsp3) is 0.650. The SMILES string of the molecule is CCCCCCCC[C@H](O)/C=C/C=C/C=C\[C@@H](O)CCCC(=O)O. The topological polar surface area (TPSA) is 77.8 Å². The van der Waals surface area contributed by atoms with Crippen LogP contribution in [0.2, 0.25) is 0 Å². The van der Waals surface area contributed by atoms with Crippen LogP contribution in [0.1, 0.15) is 71.1 Å². The number of allylic oxidation sites excluding steroid dienone is 4. The predicted octanol–water partition coefficient (Wildman–Crippen LogP) is 4.38. The average Bonchev–Trinajstić information content (AvgIpc) is 2.53. The van der Waals surface area contributed by atoms with Crippen molar-refractivity contribution in [1.82, 2.24) is 0 Å². The highest BCUT2D eigenvalue weighted by atomic mass is 16.4. The minimum Gasteiger partial charge on any atom is -0.481 e. The predicted molar refractivity (Wildman–Crippen MR) is 98.9 cm³/mol. The number of aliphatic carboxylic acids is 1. The van der Waals surface area contributed by atoms with Crippen molar-refractivity contribution in [2.24, 2.45) is 0 Å². The molecule has 0 amide bonds. The third-order valence-electron chi connectivity index (χ3n) is 3.74. The second kappa shape index (κ2) is 16.5. The van der Waals surface area contributed by atoms with Crippen molar-refractivity contribution in [3.05, 3.63) is 36.5 Å². The van der Waals surface area contributed by atoms with Crippen LogP contribution in [-0.2, 0) is 4.79 Å². The third kappa shape index (κ3) is 17.0. The van der Waals surface area contributed by atoms with E-state index in [0.717, 1.165) is 12.8 Å². The summed E-state index contributed by atoms with van der Waals surface area (Å²) in [5, 5.41) is 27.9. The van der Waals surface area contributed by atoms with Crippen LogP contribution >= 0.6 is 0 Å². The first-order valence-electron chi connectivity index (χ1n) is 9.15. The van der Waals surface area contributed by atoms with E-state index in [2.05, 4.69) is 6.92 Å². The number of hydrogen-bond acceptors (Lipinski definition) is 3. The van der Waals surface area contributed by atoms with Gasteiger partial charge in [-0.05, 0) is 19.3 Å². The summed E-state index contributed by atoms with van der Waals surface area (Å²) in [6.45, 7) is 2.21. The van der Waals surface area contributed by atoms with Crippen molar-refractivity contribution >= 4 is 5.97 Å². The molecule has 0 saturated heterocycles. The van der Waals surface area contributed by atoms with E-state index < -0.39 is 18.2 Å². The zero-order chi connectivity index (χ0) is 18.0. The molecule has 0 radical (unpaired) electrons. The first-order valence-corrected chi connectivity index (χ1v) is 9.15. The van der Waals surface area contributed by atoms with Crippen LogP contribution in [0, 0.1) is 0 Å². The number of carbonyl (C=O) groups is 1. The number of aliphatic hydroxyl groups excluding tert-OH is 2. The fourth-order valence-corrected chi connectivity index (χ4v) is 2.30. The molecular weight excluding hydrogens is 304 g/mol. The molecule has 0 aliphatic rings. The lowest BCUT2D eigenvalue weighted by Crippen LogP contribution is -2.03. The zero-order valence-corrected chi connectivity index (χ0v) is 14.9.